The molecule has 3 aromatic carbocycles. The van der Waals surface area contributed by atoms with Crippen molar-refractivity contribution < 1.29 is 23.8 Å². The van der Waals surface area contributed by atoms with Crippen LogP contribution in [0.5, 0.6) is 11.5 Å². The lowest BCUT2D eigenvalue weighted by atomic mass is 10.1. The van der Waals surface area contributed by atoms with Crippen LogP contribution in [0.25, 0.3) is 6.08 Å². The zero-order valence-electron chi connectivity index (χ0n) is 21.6. The van der Waals surface area contributed by atoms with Gasteiger partial charge in [-0.2, -0.15) is 0 Å². The number of benzene rings is 3. The number of amidine groups is 1. The first-order valence-corrected chi connectivity index (χ1v) is 14.1. The van der Waals surface area contributed by atoms with E-state index in [0.717, 1.165) is 11.1 Å². The van der Waals surface area contributed by atoms with Gasteiger partial charge in [-0.05, 0) is 107 Å². The molecule has 7 nitrogen and oxygen atoms in total. The monoisotopic (exact) mass is 628 g/mol. The molecule has 3 aromatic rings. The molecule has 10 heteroatoms. The van der Waals surface area contributed by atoms with Gasteiger partial charge in [0, 0.05) is 12.1 Å². The highest BCUT2D eigenvalue weighted by atomic mass is 79.9. The number of nitrogens with zero attached hydrogens (tertiary/aromatic N) is 2. The number of aliphatic imine (C=N–C) groups is 1. The molecule has 0 saturated carbocycles. The third-order valence-electron chi connectivity index (χ3n) is 5.51. The van der Waals surface area contributed by atoms with E-state index in [1.165, 1.54) is 16.7 Å². The van der Waals surface area contributed by atoms with Crippen LogP contribution in [-0.2, 0) is 16.1 Å². The van der Waals surface area contributed by atoms with Gasteiger partial charge in [-0.3, -0.25) is 9.69 Å². The molecule has 1 aliphatic rings. The summed E-state index contributed by atoms with van der Waals surface area (Å²) < 4.78 is 17.6. The minimum absolute atomic E-state index is 0.169. The van der Waals surface area contributed by atoms with E-state index in [0.29, 0.717) is 62.1 Å². The Morgan fingerprint density at radius 3 is 2.54 bits per heavy atom. The molecule has 1 aliphatic heterocycles. The number of halogens is 2. The number of ether oxygens (including phenoxy) is 3. The summed E-state index contributed by atoms with van der Waals surface area (Å²) in [6, 6.07) is 17.9. The zero-order valence-corrected chi connectivity index (χ0v) is 24.7. The smallest absolute Gasteiger partial charge is 0.338 e. The van der Waals surface area contributed by atoms with Gasteiger partial charge >= 0.3 is 5.97 Å². The van der Waals surface area contributed by atoms with Crippen LogP contribution in [0.2, 0.25) is 5.02 Å². The minimum atomic E-state index is -0.386. The van der Waals surface area contributed by atoms with Crippen molar-refractivity contribution >= 4 is 68.1 Å². The molecular weight excluding hydrogens is 604 g/mol. The average Bonchev–Trinajstić information content (AvgIpc) is 3.16. The Morgan fingerprint density at radius 1 is 1.08 bits per heavy atom. The summed E-state index contributed by atoms with van der Waals surface area (Å²) in [5, 5.41) is 1.17. The molecule has 0 radical (unpaired) electrons. The second-order valence-corrected chi connectivity index (χ2v) is 10.6. The van der Waals surface area contributed by atoms with Gasteiger partial charge < -0.3 is 14.2 Å². The summed E-state index contributed by atoms with van der Waals surface area (Å²) in [5.41, 5.74) is 2.76. The summed E-state index contributed by atoms with van der Waals surface area (Å²) in [6.45, 7) is 4.73. The van der Waals surface area contributed by atoms with Gasteiger partial charge in [0.2, 0.25) is 0 Å². The molecule has 0 bridgehead atoms. The number of esters is 1. The fourth-order valence-corrected chi connectivity index (χ4v) is 5.43. The Hall–Kier alpha value is -3.27. The highest BCUT2D eigenvalue weighted by molar-refractivity contribution is 9.10. The van der Waals surface area contributed by atoms with Crippen molar-refractivity contribution in [3.63, 3.8) is 0 Å². The summed E-state index contributed by atoms with van der Waals surface area (Å²) in [5.74, 6) is 0.565. The number of rotatable bonds is 9. The molecule has 39 heavy (non-hydrogen) atoms. The third-order valence-corrected chi connectivity index (χ3v) is 7.39. The molecule has 1 amide bonds. The highest BCUT2D eigenvalue weighted by Crippen LogP contribution is 2.40. The van der Waals surface area contributed by atoms with E-state index in [1.807, 2.05) is 43.3 Å². The second-order valence-electron chi connectivity index (χ2n) is 8.32. The van der Waals surface area contributed by atoms with Gasteiger partial charge in [0.1, 0.15) is 6.61 Å². The maximum absolute atomic E-state index is 13.0. The molecule has 0 N–H and O–H groups in total. The zero-order chi connectivity index (χ0) is 27.9. The van der Waals surface area contributed by atoms with Gasteiger partial charge in [-0.25, -0.2) is 9.79 Å². The topological polar surface area (TPSA) is 77.4 Å². The van der Waals surface area contributed by atoms with Crippen molar-refractivity contribution in [1.29, 1.82) is 0 Å². The van der Waals surface area contributed by atoms with Gasteiger partial charge in [0.15, 0.2) is 16.7 Å². The van der Waals surface area contributed by atoms with Crippen molar-refractivity contribution in [1.82, 2.24) is 4.90 Å². The van der Waals surface area contributed by atoms with Gasteiger partial charge in [0.25, 0.3) is 5.91 Å². The largest absolute Gasteiger partial charge is 0.490 e. The van der Waals surface area contributed by atoms with Crippen LogP contribution in [-0.4, -0.2) is 42.2 Å². The number of hydrogen-bond donors (Lipinski definition) is 0. The molecule has 0 unspecified atom stereocenters. The maximum Gasteiger partial charge on any atom is 0.338 e. The van der Waals surface area contributed by atoms with Gasteiger partial charge in [-0.1, -0.05) is 23.7 Å². The third kappa shape index (κ3) is 7.23. The second kappa shape index (κ2) is 13.2. The van der Waals surface area contributed by atoms with Crippen LogP contribution in [0, 0.1) is 0 Å². The Morgan fingerprint density at radius 2 is 1.85 bits per heavy atom. The number of carbonyl (C=O) groups excluding carboxylic acids is 2. The van der Waals surface area contributed by atoms with Crippen molar-refractivity contribution in [3.05, 3.63) is 91.8 Å². The van der Waals surface area contributed by atoms with Crippen molar-refractivity contribution in [2.75, 3.05) is 20.3 Å². The normalized spacial score (nSPS) is 15.2. The number of carbonyl (C=O) groups is 2. The van der Waals surface area contributed by atoms with Crippen LogP contribution >= 0.6 is 39.3 Å². The lowest BCUT2D eigenvalue weighted by Crippen LogP contribution is -2.23. The number of amides is 1. The van der Waals surface area contributed by atoms with Crippen LogP contribution in [0.1, 0.15) is 35.3 Å². The predicted octanol–water partition coefficient (Wildman–Crippen LogP) is 7.49. The fraction of sp³-hybridized carbons (Fsp3) is 0.207. The van der Waals surface area contributed by atoms with Crippen LogP contribution in [0.3, 0.4) is 0 Å². The Bertz CT molecular complexity index is 1440. The molecule has 1 saturated heterocycles. The standard InChI is InChI=1S/C29H26BrClN2O5S/c1-4-36-24-15-19(14-23(30)26(24)38-17-18-7-6-8-21(31)13-18)16-25-27(34)33(3)29(39-25)32-22-11-9-20(10-12-22)28(35)37-5-2/h6-16H,4-5,17H2,1-3H3/b25-16-,32-29?. The number of hydrogen-bond acceptors (Lipinski definition) is 7. The molecule has 0 spiro atoms. The van der Waals surface area contributed by atoms with E-state index in [9.17, 15) is 9.59 Å². The van der Waals surface area contributed by atoms with Crippen LogP contribution in [0.15, 0.2) is 75.0 Å². The minimum Gasteiger partial charge on any atom is -0.490 e. The lowest BCUT2D eigenvalue weighted by Gasteiger charge is -2.15. The van der Waals surface area contributed by atoms with E-state index in [2.05, 4.69) is 20.9 Å². The molecule has 0 atom stereocenters. The summed E-state index contributed by atoms with van der Waals surface area (Å²) in [4.78, 5) is 31.5. The van der Waals surface area contributed by atoms with Crippen LogP contribution in [0.4, 0.5) is 5.69 Å². The van der Waals surface area contributed by atoms with E-state index in [4.69, 9.17) is 25.8 Å². The average molecular weight is 630 g/mol. The maximum atomic E-state index is 13.0. The summed E-state index contributed by atoms with van der Waals surface area (Å²) in [7, 11) is 1.68. The van der Waals surface area contributed by atoms with Crippen molar-refractivity contribution in [3.8, 4) is 11.5 Å². The molecule has 4 rings (SSSR count). The van der Waals surface area contributed by atoms with Gasteiger partial charge in [0.05, 0.1) is 33.8 Å². The molecular formula is C29H26BrClN2O5S. The quantitative estimate of drug-likeness (QED) is 0.180. The highest BCUT2D eigenvalue weighted by Gasteiger charge is 2.30. The Balaban J connectivity index is 1.55. The summed E-state index contributed by atoms with van der Waals surface area (Å²) >= 11 is 11.0. The summed E-state index contributed by atoms with van der Waals surface area (Å²) in [6.07, 6.45) is 1.80. The van der Waals surface area contributed by atoms with Crippen LogP contribution < -0.4 is 9.47 Å². The lowest BCUT2D eigenvalue weighted by molar-refractivity contribution is -0.121. The first-order chi connectivity index (χ1) is 18.8. The fourth-order valence-electron chi connectivity index (χ4n) is 3.66. The molecule has 0 aliphatic carbocycles. The molecule has 1 heterocycles. The predicted molar refractivity (Wildman–Crippen MR) is 159 cm³/mol. The Kier molecular flexibility index (Phi) is 9.72. The van der Waals surface area contributed by atoms with E-state index in [-0.39, 0.29) is 11.9 Å². The van der Waals surface area contributed by atoms with Crippen molar-refractivity contribution in [2.45, 2.75) is 20.5 Å². The first kappa shape index (κ1) is 28.7. The Labute approximate surface area is 244 Å². The SMILES string of the molecule is CCOC(=O)c1ccc(N=C2S/C(=C\c3cc(Br)c(OCc4cccc(Cl)c4)c(OCC)c3)C(=O)N2C)cc1. The molecule has 202 valence electrons. The van der Waals surface area contributed by atoms with E-state index >= 15 is 0 Å². The first-order valence-electron chi connectivity index (χ1n) is 12.2. The van der Waals surface area contributed by atoms with E-state index in [1.54, 1.807) is 44.3 Å². The van der Waals surface area contributed by atoms with Crippen molar-refractivity contribution in [2.24, 2.45) is 4.99 Å². The number of thioether (sulfide) groups is 1. The molecule has 1 fully saturated rings. The van der Waals surface area contributed by atoms with Gasteiger partial charge in [-0.15, -0.1) is 0 Å². The number of likely N-dealkylation sites (N-methyl/N-ethyl adjacent to an activating group) is 1. The molecule has 0 aromatic heterocycles. The van der Waals surface area contributed by atoms with E-state index < -0.39 is 0 Å².